The predicted octanol–water partition coefficient (Wildman–Crippen LogP) is 3.16. The van der Waals surface area contributed by atoms with E-state index in [1.165, 1.54) is 12.1 Å². The van der Waals surface area contributed by atoms with Crippen LogP contribution >= 0.6 is 0 Å². The first-order valence-electron chi connectivity index (χ1n) is 6.60. The summed E-state index contributed by atoms with van der Waals surface area (Å²) in [5.41, 5.74) is 2.24. The van der Waals surface area contributed by atoms with Crippen LogP contribution in [0.2, 0.25) is 0 Å². The van der Waals surface area contributed by atoms with Crippen LogP contribution in [0.3, 0.4) is 0 Å². The molecule has 1 aliphatic rings. The molecule has 0 aromatic carbocycles. The van der Waals surface area contributed by atoms with E-state index in [1.54, 1.807) is 6.92 Å². The number of aromatic amines is 1. The van der Waals surface area contributed by atoms with E-state index < -0.39 is 16.4 Å². The smallest absolute Gasteiger partial charge is 0.317 e. The van der Waals surface area contributed by atoms with Crippen LogP contribution in [0.4, 0.5) is 14.6 Å². The van der Waals surface area contributed by atoms with Crippen LogP contribution in [0.1, 0.15) is 30.8 Å². The van der Waals surface area contributed by atoms with E-state index >= 15 is 0 Å². The van der Waals surface area contributed by atoms with Gasteiger partial charge in [0.2, 0.25) is 0 Å². The van der Waals surface area contributed by atoms with Gasteiger partial charge in [-0.3, -0.25) is 0 Å². The fourth-order valence-electron chi connectivity index (χ4n) is 2.49. The minimum absolute atomic E-state index is 0.131. The van der Waals surface area contributed by atoms with Crippen molar-refractivity contribution in [2.75, 3.05) is 0 Å². The highest BCUT2D eigenvalue weighted by Crippen LogP contribution is 2.37. The number of hydrogen-bond acceptors (Lipinski definition) is 5. The summed E-state index contributed by atoms with van der Waals surface area (Å²) < 4.78 is 51.2. The molecule has 2 aromatic heterocycles. The Kier molecular flexibility index (Phi) is 3.51. The maximum Gasteiger partial charge on any atom is 0.317 e. The zero-order valence-electron chi connectivity index (χ0n) is 11.6. The van der Waals surface area contributed by atoms with Gasteiger partial charge >= 0.3 is 10.5 Å². The number of rotatable bonds is 2. The van der Waals surface area contributed by atoms with Crippen molar-refractivity contribution in [3.8, 4) is 0 Å². The number of aryl methyl sites for hydroxylation is 1. The number of H-pyrrole nitrogens is 1. The summed E-state index contributed by atoms with van der Waals surface area (Å²) in [6, 6.07) is 1.49. The molecule has 116 valence electrons. The second kappa shape index (κ2) is 5.24. The van der Waals surface area contributed by atoms with E-state index in [0.717, 1.165) is 0 Å². The molecular formula is C13H12F2N4O2S. The maximum absolute atomic E-state index is 13.3. The summed E-state index contributed by atoms with van der Waals surface area (Å²) in [7, 11) is -2.59. The van der Waals surface area contributed by atoms with Crippen LogP contribution in [0.5, 0.6) is 0 Å². The van der Waals surface area contributed by atoms with E-state index in [2.05, 4.69) is 19.3 Å². The quantitative estimate of drug-likeness (QED) is 0.918. The molecule has 2 aromatic rings. The lowest BCUT2D eigenvalue weighted by molar-refractivity contribution is -0.00604. The Hall–Kier alpha value is -2.16. The number of fused-ring (bicyclic) bond motifs is 1. The molecule has 0 atom stereocenters. The number of halogens is 2. The van der Waals surface area contributed by atoms with Crippen LogP contribution < -0.4 is 0 Å². The third-order valence-electron chi connectivity index (χ3n) is 3.46. The summed E-state index contributed by atoms with van der Waals surface area (Å²) in [6.45, 7) is 1.69. The van der Waals surface area contributed by atoms with Crippen molar-refractivity contribution in [1.82, 2.24) is 15.0 Å². The Morgan fingerprint density at radius 1 is 1.36 bits per heavy atom. The Balaban J connectivity index is 2.15. The molecule has 22 heavy (non-hydrogen) atoms. The molecule has 0 saturated carbocycles. The van der Waals surface area contributed by atoms with Gasteiger partial charge in [-0.2, -0.15) is 8.42 Å². The Morgan fingerprint density at radius 2 is 2.14 bits per heavy atom. The average Bonchev–Trinajstić information content (AvgIpc) is 2.79. The van der Waals surface area contributed by atoms with Crippen LogP contribution in [-0.2, 0) is 10.5 Å². The molecule has 0 saturated heterocycles. The monoisotopic (exact) mass is 326 g/mol. The highest BCUT2D eigenvalue weighted by Gasteiger charge is 2.32. The SMILES string of the molecule is Cc1nc(C2=CCC(F)(F)CC2)c2[nH]c(N=S(=O)=O)cc2n1. The van der Waals surface area contributed by atoms with Crippen molar-refractivity contribution in [2.45, 2.75) is 32.1 Å². The standard InChI is InChI=1S/C13H12F2N4O2S/c1-7-16-9-6-10(19-22(20)21)18-12(9)11(17-7)8-2-4-13(14,15)5-3-8/h2,6,18H,3-5H2,1H3. The van der Waals surface area contributed by atoms with Gasteiger partial charge in [-0.15, -0.1) is 4.36 Å². The molecule has 1 N–H and O–H groups in total. The van der Waals surface area contributed by atoms with E-state index in [-0.39, 0.29) is 25.1 Å². The Bertz CT molecular complexity index is 908. The van der Waals surface area contributed by atoms with Gasteiger partial charge in [0.05, 0.1) is 16.7 Å². The topological polar surface area (TPSA) is 88.1 Å². The minimum Gasteiger partial charge on any atom is -0.336 e. The fourth-order valence-corrected chi connectivity index (χ4v) is 2.75. The number of nitrogens with zero attached hydrogens (tertiary/aromatic N) is 3. The molecule has 6 nitrogen and oxygen atoms in total. The second-order valence-electron chi connectivity index (χ2n) is 5.13. The second-order valence-corrected chi connectivity index (χ2v) is 5.75. The Labute approximate surface area is 126 Å². The number of aromatic nitrogens is 3. The van der Waals surface area contributed by atoms with Crippen molar-refractivity contribution in [3.05, 3.63) is 23.7 Å². The van der Waals surface area contributed by atoms with Gasteiger partial charge in [-0.1, -0.05) is 6.08 Å². The number of nitrogens with one attached hydrogen (secondary N) is 1. The normalized spacial score (nSPS) is 17.3. The first-order valence-corrected chi connectivity index (χ1v) is 7.63. The summed E-state index contributed by atoms with van der Waals surface area (Å²) >= 11 is 0. The lowest BCUT2D eigenvalue weighted by Crippen LogP contribution is -2.18. The van der Waals surface area contributed by atoms with Gasteiger partial charge in [0.25, 0.3) is 5.92 Å². The minimum atomic E-state index is -2.68. The fraction of sp³-hybridized carbons (Fsp3) is 0.385. The summed E-state index contributed by atoms with van der Waals surface area (Å²) in [6.07, 6.45) is 1.13. The van der Waals surface area contributed by atoms with Crippen molar-refractivity contribution >= 4 is 32.9 Å². The van der Waals surface area contributed by atoms with Gasteiger partial charge < -0.3 is 4.98 Å². The molecule has 0 aliphatic heterocycles. The zero-order chi connectivity index (χ0) is 15.9. The third-order valence-corrected chi connectivity index (χ3v) is 3.81. The number of hydrogen-bond donors (Lipinski definition) is 1. The third kappa shape index (κ3) is 2.89. The van der Waals surface area contributed by atoms with Crippen molar-refractivity contribution in [2.24, 2.45) is 4.36 Å². The van der Waals surface area contributed by atoms with Gasteiger partial charge in [0, 0.05) is 18.9 Å². The summed E-state index contributed by atoms with van der Waals surface area (Å²) in [4.78, 5) is 11.4. The maximum atomic E-state index is 13.3. The molecule has 0 radical (unpaired) electrons. The molecule has 0 unspecified atom stereocenters. The molecule has 1 aliphatic carbocycles. The zero-order valence-corrected chi connectivity index (χ0v) is 12.4. The first kappa shape index (κ1) is 14.8. The largest absolute Gasteiger partial charge is 0.336 e. The molecule has 0 spiro atoms. The molecule has 3 rings (SSSR count). The van der Waals surface area contributed by atoms with E-state index in [1.807, 2.05) is 0 Å². The molecule has 0 fully saturated rings. The predicted molar refractivity (Wildman–Crippen MR) is 76.4 cm³/mol. The van der Waals surface area contributed by atoms with E-state index in [4.69, 9.17) is 0 Å². The Morgan fingerprint density at radius 3 is 2.77 bits per heavy atom. The molecule has 0 amide bonds. The van der Waals surface area contributed by atoms with Gasteiger partial charge in [-0.25, -0.2) is 18.7 Å². The van der Waals surface area contributed by atoms with Crippen molar-refractivity contribution in [1.29, 1.82) is 0 Å². The average molecular weight is 326 g/mol. The van der Waals surface area contributed by atoms with E-state index in [9.17, 15) is 17.2 Å². The van der Waals surface area contributed by atoms with Crippen LogP contribution in [0.15, 0.2) is 16.5 Å². The van der Waals surface area contributed by atoms with Gasteiger partial charge in [0.15, 0.2) is 5.82 Å². The first-order chi connectivity index (χ1) is 10.3. The molecular weight excluding hydrogens is 314 g/mol. The summed E-state index contributed by atoms with van der Waals surface area (Å²) in [5.74, 6) is -2.07. The van der Waals surface area contributed by atoms with Gasteiger partial charge in [-0.05, 0) is 18.9 Å². The molecule has 0 bridgehead atoms. The lowest BCUT2D eigenvalue weighted by Gasteiger charge is -2.21. The highest BCUT2D eigenvalue weighted by molar-refractivity contribution is 7.61. The van der Waals surface area contributed by atoms with Crippen LogP contribution in [0.25, 0.3) is 16.6 Å². The van der Waals surface area contributed by atoms with Crippen LogP contribution in [0, 0.1) is 6.92 Å². The molecule has 2 heterocycles. The van der Waals surface area contributed by atoms with Crippen molar-refractivity contribution in [3.63, 3.8) is 0 Å². The summed E-state index contributed by atoms with van der Waals surface area (Å²) in [5, 5.41) is 0. The number of alkyl halides is 2. The van der Waals surface area contributed by atoms with Crippen LogP contribution in [-0.4, -0.2) is 29.3 Å². The molecule has 9 heteroatoms. The lowest BCUT2D eigenvalue weighted by atomic mass is 9.93. The number of allylic oxidation sites excluding steroid dienone is 2. The highest BCUT2D eigenvalue weighted by atomic mass is 32.2. The van der Waals surface area contributed by atoms with Crippen molar-refractivity contribution < 1.29 is 17.2 Å². The van der Waals surface area contributed by atoms with E-state index in [0.29, 0.717) is 28.1 Å². The van der Waals surface area contributed by atoms with Gasteiger partial charge in [0.1, 0.15) is 5.82 Å².